The first-order valence-electron chi connectivity index (χ1n) is 12.7. The molecule has 0 N–H and O–H groups in total. The smallest absolute Gasteiger partial charge is 0.416 e. The summed E-state index contributed by atoms with van der Waals surface area (Å²) in [4.78, 5) is 30.4. The minimum Gasteiger partial charge on any atom is -0.450 e. The number of piperidine rings is 1. The highest BCUT2D eigenvalue weighted by Gasteiger charge is 2.52. The predicted octanol–water partition coefficient (Wildman–Crippen LogP) is 4.26. The van der Waals surface area contributed by atoms with Gasteiger partial charge < -0.3 is 14.4 Å². The van der Waals surface area contributed by atoms with Gasteiger partial charge in [-0.15, -0.1) is 0 Å². The maximum Gasteiger partial charge on any atom is 0.416 e. The molecule has 5 rings (SSSR count). The molecule has 1 aromatic rings. The summed E-state index contributed by atoms with van der Waals surface area (Å²) >= 11 is 0. The molecule has 4 heterocycles. The van der Waals surface area contributed by atoms with Crippen LogP contribution in [0.3, 0.4) is 0 Å². The maximum absolute atomic E-state index is 13.8. The van der Waals surface area contributed by atoms with Gasteiger partial charge in [0.05, 0.1) is 16.7 Å². The van der Waals surface area contributed by atoms with Crippen molar-refractivity contribution >= 4 is 11.9 Å². The van der Waals surface area contributed by atoms with E-state index in [9.17, 15) is 22.8 Å². The Morgan fingerprint density at radius 2 is 1.83 bits per heavy atom. The number of fused-ring (bicyclic) bond motifs is 1. The van der Waals surface area contributed by atoms with E-state index >= 15 is 0 Å². The van der Waals surface area contributed by atoms with E-state index in [0.29, 0.717) is 68.3 Å². The van der Waals surface area contributed by atoms with E-state index in [1.54, 1.807) is 11.8 Å². The average Bonchev–Trinajstić information content (AvgIpc) is 3.06. The summed E-state index contributed by atoms with van der Waals surface area (Å²) < 4.78 is 51.5. The Morgan fingerprint density at radius 1 is 1.11 bits per heavy atom. The van der Waals surface area contributed by atoms with Crippen LogP contribution in [0, 0.1) is 0 Å². The fraction of sp³-hybridized carbons (Fsp3) is 0.630. The SMILES string of the molecule is CC1=C(C(=O)N2CCc3ccc(C(F)(F)F)cc3C2)C2(CCN(C3CCOC(C)(C)C3)CC2)OC1=O. The van der Waals surface area contributed by atoms with Gasteiger partial charge in [0.1, 0.15) is 5.60 Å². The Bertz CT molecular complexity index is 1100. The lowest BCUT2D eigenvalue weighted by Gasteiger charge is -2.46. The molecule has 196 valence electrons. The monoisotopic (exact) mass is 506 g/mol. The third-order valence-electron chi connectivity index (χ3n) is 8.26. The van der Waals surface area contributed by atoms with E-state index in [2.05, 4.69) is 18.7 Å². The zero-order valence-corrected chi connectivity index (χ0v) is 21.0. The van der Waals surface area contributed by atoms with Crippen LogP contribution in [0.1, 0.15) is 63.1 Å². The lowest BCUT2D eigenvalue weighted by molar-refractivity contribution is -0.153. The van der Waals surface area contributed by atoms with Crippen molar-refractivity contribution < 1.29 is 32.2 Å². The molecule has 0 radical (unpaired) electrons. The van der Waals surface area contributed by atoms with Crippen molar-refractivity contribution in [1.29, 1.82) is 0 Å². The number of carbonyl (C=O) groups excluding carboxylic acids is 2. The van der Waals surface area contributed by atoms with E-state index in [1.807, 2.05) is 0 Å². The number of amides is 1. The molecule has 6 nitrogen and oxygen atoms in total. The number of halogens is 3. The third kappa shape index (κ3) is 4.56. The molecule has 4 aliphatic heterocycles. The summed E-state index contributed by atoms with van der Waals surface area (Å²) in [6, 6.07) is 4.11. The second-order valence-corrected chi connectivity index (χ2v) is 11.1. The molecule has 0 bridgehead atoms. The molecule has 0 aromatic heterocycles. The highest BCUT2D eigenvalue weighted by atomic mass is 19.4. The normalized spacial score (nSPS) is 26.2. The van der Waals surface area contributed by atoms with Crippen LogP contribution in [0.5, 0.6) is 0 Å². The van der Waals surface area contributed by atoms with E-state index < -0.39 is 23.3 Å². The van der Waals surface area contributed by atoms with Crippen LogP contribution in [0.15, 0.2) is 29.3 Å². The van der Waals surface area contributed by atoms with Gasteiger partial charge in [0, 0.05) is 57.2 Å². The Kier molecular flexibility index (Phi) is 6.23. The Balaban J connectivity index is 1.34. The predicted molar refractivity (Wildman–Crippen MR) is 126 cm³/mol. The summed E-state index contributed by atoms with van der Waals surface area (Å²) in [6.07, 6.45) is -1.04. The van der Waals surface area contributed by atoms with Gasteiger partial charge in [-0.3, -0.25) is 9.69 Å². The average molecular weight is 507 g/mol. The largest absolute Gasteiger partial charge is 0.450 e. The number of likely N-dealkylation sites (tertiary alicyclic amines) is 1. The first-order chi connectivity index (χ1) is 16.9. The van der Waals surface area contributed by atoms with Crippen molar-refractivity contribution in [3.05, 3.63) is 46.0 Å². The summed E-state index contributed by atoms with van der Waals surface area (Å²) in [7, 11) is 0. The van der Waals surface area contributed by atoms with Gasteiger partial charge in [0.25, 0.3) is 5.91 Å². The van der Waals surface area contributed by atoms with Gasteiger partial charge in [-0.05, 0) is 63.3 Å². The van der Waals surface area contributed by atoms with Crippen LogP contribution in [-0.4, -0.2) is 65.2 Å². The minimum atomic E-state index is -4.44. The lowest BCUT2D eigenvalue weighted by atomic mass is 9.81. The van der Waals surface area contributed by atoms with Gasteiger partial charge in [-0.2, -0.15) is 13.2 Å². The third-order valence-corrected chi connectivity index (χ3v) is 8.26. The number of hydrogen-bond acceptors (Lipinski definition) is 5. The molecular formula is C27H33F3N2O4. The number of benzene rings is 1. The zero-order chi connectivity index (χ0) is 25.9. The standard InChI is InChI=1S/C27H33F3N2O4/c1-17-22(23(33)32-10-6-18-4-5-20(27(28,29)30)14-19(18)16-32)26(36-24(17)34)8-11-31(12-9-26)21-7-13-35-25(2,3)15-21/h4-5,14,21H,6-13,15-16H2,1-3H3. The molecule has 1 amide bonds. The van der Waals surface area contributed by atoms with Gasteiger partial charge in [-0.25, -0.2) is 4.79 Å². The summed E-state index contributed by atoms with van der Waals surface area (Å²) in [5, 5.41) is 0. The van der Waals surface area contributed by atoms with Crippen LogP contribution >= 0.6 is 0 Å². The minimum absolute atomic E-state index is 0.0857. The lowest BCUT2D eigenvalue weighted by Crippen LogP contribution is -2.54. The molecule has 2 fully saturated rings. The number of rotatable bonds is 2. The fourth-order valence-corrected chi connectivity index (χ4v) is 6.28. The highest BCUT2D eigenvalue weighted by Crippen LogP contribution is 2.43. The molecule has 1 spiro atoms. The summed E-state index contributed by atoms with van der Waals surface area (Å²) in [6.45, 7) is 8.41. The highest BCUT2D eigenvalue weighted by molar-refractivity contribution is 6.07. The van der Waals surface area contributed by atoms with Gasteiger partial charge >= 0.3 is 12.1 Å². The van der Waals surface area contributed by atoms with E-state index in [4.69, 9.17) is 9.47 Å². The second-order valence-electron chi connectivity index (χ2n) is 11.1. The molecule has 4 aliphatic rings. The molecule has 1 aromatic carbocycles. The first-order valence-corrected chi connectivity index (χ1v) is 12.7. The summed E-state index contributed by atoms with van der Waals surface area (Å²) in [5.74, 6) is -0.780. The Hall–Kier alpha value is -2.39. The van der Waals surface area contributed by atoms with E-state index in [0.717, 1.165) is 30.5 Å². The molecule has 9 heteroatoms. The summed E-state index contributed by atoms with van der Waals surface area (Å²) in [5.41, 5.74) is 0.156. The van der Waals surface area contributed by atoms with Gasteiger partial charge in [0.2, 0.25) is 0 Å². The zero-order valence-electron chi connectivity index (χ0n) is 21.0. The van der Waals surface area contributed by atoms with Crippen LogP contribution in [0.25, 0.3) is 0 Å². The van der Waals surface area contributed by atoms with Crippen molar-refractivity contribution in [2.45, 2.75) is 82.8 Å². The number of ether oxygens (including phenoxy) is 2. The molecule has 1 atom stereocenters. The molecule has 1 unspecified atom stereocenters. The molecular weight excluding hydrogens is 473 g/mol. The van der Waals surface area contributed by atoms with Crippen molar-refractivity contribution in [1.82, 2.24) is 9.80 Å². The topological polar surface area (TPSA) is 59.1 Å². The molecule has 2 saturated heterocycles. The number of esters is 1. The molecule has 0 saturated carbocycles. The van der Waals surface area contributed by atoms with Crippen molar-refractivity contribution in [2.24, 2.45) is 0 Å². The van der Waals surface area contributed by atoms with E-state index in [1.165, 1.54) is 6.07 Å². The first kappa shape index (κ1) is 25.3. The number of alkyl halides is 3. The maximum atomic E-state index is 13.8. The van der Waals surface area contributed by atoms with Crippen molar-refractivity contribution in [2.75, 3.05) is 26.2 Å². The Morgan fingerprint density at radius 3 is 2.50 bits per heavy atom. The fourth-order valence-electron chi connectivity index (χ4n) is 6.28. The second kappa shape index (κ2) is 8.87. The van der Waals surface area contributed by atoms with Crippen LogP contribution in [0.2, 0.25) is 0 Å². The Labute approximate surface area is 209 Å². The quantitative estimate of drug-likeness (QED) is 0.562. The van der Waals surface area contributed by atoms with Gasteiger partial charge in [-0.1, -0.05) is 6.07 Å². The van der Waals surface area contributed by atoms with Crippen molar-refractivity contribution in [3.8, 4) is 0 Å². The van der Waals surface area contributed by atoms with Crippen LogP contribution < -0.4 is 0 Å². The van der Waals surface area contributed by atoms with Crippen molar-refractivity contribution in [3.63, 3.8) is 0 Å². The van der Waals surface area contributed by atoms with E-state index in [-0.39, 0.29) is 18.1 Å². The van der Waals surface area contributed by atoms with Crippen LogP contribution in [0.4, 0.5) is 13.2 Å². The number of nitrogens with zero attached hydrogens (tertiary/aromatic N) is 2. The molecule has 36 heavy (non-hydrogen) atoms. The number of carbonyl (C=O) groups is 2. The number of hydrogen-bond donors (Lipinski definition) is 0. The van der Waals surface area contributed by atoms with Crippen LogP contribution in [-0.2, 0) is 38.2 Å². The van der Waals surface area contributed by atoms with Gasteiger partial charge in [0.15, 0.2) is 0 Å². The molecule has 0 aliphatic carbocycles.